The average molecular weight is 381 g/mol. The van der Waals surface area contributed by atoms with Gasteiger partial charge in [-0.25, -0.2) is 0 Å². The number of rotatable bonds is 8. The molecule has 1 saturated heterocycles. The number of nitrogens with zero attached hydrogens (tertiary/aromatic N) is 1. The number of carbonyl (C=O) groups excluding carboxylic acids is 1. The molecule has 1 aliphatic heterocycles. The van der Waals surface area contributed by atoms with Crippen LogP contribution in [0.25, 0.3) is 0 Å². The maximum absolute atomic E-state index is 12.2. The SMILES string of the molecule is CC1CCN(c2ccc([C@@H](C)NC(=O)CCCOc3ccccc3)cc2)CC1. The number of carbonyl (C=O) groups is 1. The number of amides is 1. The van der Waals surface area contributed by atoms with Crippen LogP contribution >= 0.6 is 0 Å². The Balaban J connectivity index is 1.40. The van der Waals surface area contributed by atoms with Crippen molar-refractivity contribution in [2.75, 3.05) is 24.6 Å². The Kier molecular flexibility index (Phi) is 7.35. The summed E-state index contributed by atoms with van der Waals surface area (Å²) in [4.78, 5) is 14.7. The third kappa shape index (κ3) is 6.01. The Hall–Kier alpha value is -2.49. The lowest BCUT2D eigenvalue weighted by Crippen LogP contribution is -2.32. The second-order valence-electron chi connectivity index (χ2n) is 7.82. The van der Waals surface area contributed by atoms with Gasteiger partial charge in [0.2, 0.25) is 5.91 Å². The Morgan fingerprint density at radius 3 is 2.46 bits per heavy atom. The minimum Gasteiger partial charge on any atom is -0.494 e. The van der Waals surface area contributed by atoms with E-state index in [4.69, 9.17) is 4.74 Å². The molecule has 0 spiro atoms. The second kappa shape index (κ2) is 10.2. The van der Waals surface area contributed by atoms with Crippen LogP contribution in [-0.2, 0) is 4.79 Å². The lowest BCUT2D eigenvalue weighted by atomic mass is 9.98. The van der Waals surface area contributed by atoms with Crippen LogP contribution in [0.2, 0.25) is 0 Å². The molecular weight excluding hydrogens is 348 g/mol. The number of ether oxygens (including phenoxy) is 1. The highest BCUT2D eigenvalue weighted by molar-refractivity contribution is 5.76. The molecule has 1 aliphatic rings. The lowest BCUT2D eigenvalue weighted by molar-refractivity contribution is -0.121. The maximum Gasteiger partial charge on any atom is 0.220 e. The first-order chi connectivity index (χ1) is 13.6. The molecule has 0 bridgehead atoms. The third-order valence-corrected chi connectivity index (χ3v) is 5.48. The van der Waals surface area contributed by atoms with Gasteiger partial charge in [-0.2, -0.15) is 0 Å². The van der Waals surface area contributed by atoms with Crippen LogP contribution in [0.3, 0.4) is 0 Å². The zero-order valence-corrected chi connectivity index (χ0v) is 17.1. The summed E-state index contributed by atoms with van der Waals surface area (Å²) in [7, 11) is 0. The molecule has 3 rings (SSSR count). The van der Waals surface area contributed by atoms with Crippen LogP contribution in [-0.4, -0.2) is 25.6 Å². The summed E-state index contributed by atoms with van der Waals surface area (Å²) in [6.45, 7) is 7.19. The Morgan fingerprint density at radius 2 is 1.79 bits per heavy atom. The molecule has 0 saturated carbocycles. The molecule has 1 fully saturated rings. The summed E-state index contributed by atoms with van der Waals surface area (Å²) in [5.74, 6) is 1.75. The monoisotopic (exact) mass is 380 g/mol. The van der Waals surface area contributed by atoms with Crippen LogP contribution < -0.4 is 15.0 Å². The zero-order chi connectivity index (χ0) is 19.8. The van der Waals surface area contributed by atoms with E-state index in [0.29, 0.717) is 19.4 Å². The number of para-hydroxylation sites is 1. The number of anilines is 1. The fourth-order valence-corrected chi connectivity index (χ4v) is 3.58. The van der Waals surface area contributed by atoms with E-state index in [0.717, 1.165) is 30.3 Å². The normalized spacial score (nSPS) is 15.9. The summed E-state index contributed by atoms with van der Waals surface area (Å²) < 4.78 is 5.64. The van der Waals surface area contributed by atoms with Gasteiger partial charge in [0.05, 0.1) is 12.6 Å². The summed E-state index contributed by atoms with van der Waals surface area (Å²) in [5.41, 5.74) is 2.43. The van der Waals surface area contributed by atoms with E-state index in [9.17, 15) is 4.79 Å². The quantitative estimate of drug-likeness (QED) is 0.658. The molecular formula is C24H32N2O2. The van der Waals surface area contributed by atoms with Crippen molar-refractivity contribution in [3.8, 4) is 5.75 Å². The van der Waals surface area contributed by atoms with Gasteiger partial charge in [0.15, 0.2) is 0 Å². The number of benzene rings is 2. The number of piperidine rings is 1. The van der Waals surface area contributed by atoms with Crippen LogP contribution in [0.15, 0.2) is 54.6 Å². The van der Waals surface area contributed by atoms with Crippen molar-refractivity contribution >= 4 is 11.6 Å². The largest absolute Gasteiger partial charge is 0.494 e. The van der Waals surface area contributed by atoms with Crippen LogP contribution in [0.5, 0.6) is 5.75 Å². The summed E-state index contributed by atoms with van der Waals surface area (Å²) in [6, 6.07) is 18.4. The standard InChI is InChI=1S/C24H32N2O2/c1-19-14-16-26(17-15-19)22-12-10-21(11-13-22)20(2)25-24(27)9-6-18-28-23-7-4-3-5-8-23/h3-5,7-8,10-13,19-20H,6,9,14-18H2,1-2H3,(H,25,27)/t20-/m1/s1. The molecule has 0 aromatic heterocycles. The first-order valence-corrected chi connectivity index (χ1v) is 10.4. The molecule has 2 aromatic carbocycles. The number of nitrogens with one attached hydrogen (secondary N) is 1. The first kappa shape index (κ1) is 20.2. The molecule has 0 aliphatic carbocycles. The molecule has 28 heavy (non-hydrogen) atoms. The summed E-state index contributed by atoms with van der Waals surface area (Å²) >= 11 is 0. The fraction of sp³-hybridized carbons (Fsp3) is 0.458. The van der Waals surface area contributed by atoms with Gasteiger partial charge in [-0.15, -0.1) is 0 Å². The minimum absolute atomic E-state index is 0.0120. The van der Waals surface area contributed by atoms with Gasteiger partial charge in [0, 0.05) is 25.2 Å². The van der Waals surface area contributed by atoms with E-state index in [1.807, 2.05) is 37.3 Å². The molecule has 1 N–H and O–H groups in total. The Morgan fingerprint density at radius 1 is 1.11 bits per heavy atom. The van der Waals surface area contributed by atoms with Crippen molar-refractivity contribution in [2.45, 2.75) is 45.6 Å². The predicted octanol–water partition coefficient (Wildman–Crippen LogP) is 4.96. The van der Waals surface area contributed by atoms with Crippen molar-refractivity contribution in [1.82, 2.24) is 5.32 Å². The molecule has 4 nitrogen and oxygen atoms in total. The molecule has 0 unspecified atom stereocenters. The molecule has 0 radical (unpaired) electrons. The lowest BCUT2D eigenvalue weighted by Gasteiger charge is -2.32. The van der Waals surface area contributed by atoms with Gasteiger partial charge in [-0.1, -0.05) is 37.3 Å². The highest BCUT2D eigenvalue weighted by atomic mass is 16.5. The maximum atomic E-state index is 12.2. The molecule has 2 aromatic rings. The van der Waals surface area contributed by atoms with E-state index in [1.165, 1.54) is 18.5 Å². The Labute approximate surface area is 168 Å². The fourth-order valence-electron chi connectivity index (χ4n) is 3.58. The highest BCUT2D eigenvalue weighted by Crippen LogP contribution is 2.24. The van der Waals surface area contributed by atoms with Crippen molar-refractivity contribution in [2.24, 2.45) is 5.92 Å². The number of hydrogen-bond acceptors (Lipinski definition) is 3. The van der Waals surface area contributed by atoms with Gasteiger partial charge in [-0.3, -0.25) is 4.79 Å². The molecule has 1 amide bonds. The molecule has 1 atom stereocenters. The highest BCUT2D eigenvalue weighted by Gasteiger charge is 2.16. The third-order valence-electron chi connectivity index (χ3n) is 5.48. The van der Waals surface area contributed by atoms with Crippen LogP contribution in [0.4, 0.5) is 5.69 Å². The van der Waals surface area contributed by atoms with E-state index in [1.54, 1.807) is 0 Å². The van der Waals surface area contributed by atoms with E-state index >= 15 is 0 Å². The van der Waals surface area contributed by atoms with Crippen molar-refractivity contribution in [3.05, 3.63) is 60.2 Å². The van der Waals surface area contributed by atoms with Crippen molar-refractivity contribution in [3.63, 3.8) is 0 Å². The second-order valence-corrected chi connectivity index (χ2v) is 7.82. The smallest absolute Gasteiger partial charge is 0.220 e. The van der Waals surface area contributed by atoms with E-state index in [-0.39, 0.29) is 11.9 Å². The van der Waals surface area contributed by atoms with E-state index in [2.05, 4.69) is 41.4 Å². The Bertz CT molecular complexity index is 722. The molecule has 4 heteroatoms. The van der Waals surface area contributed by atoms with Gasteiger partial charge in [0.1, 0.15) is 5.75 Å². The zero-order valence-electron chi connectivity index (χ0n) is 17.1. The van der Waals surface area contributed by atoms with E-state index < -0.39 is 0 Å². The summed E-state index contributed by atoms with van der Waals surface area (Å²) in [5, 5.41) is 3.09. The van der Waals surface area contributed by atoms with Gasteiger partial charge < -0.3 is 15.0 Å². The van der Waals surface area contributed by atoms with Crippen LogP contribution in [0.1, 0.15) is 51.1 Å². The first-order valence-electron chi connectivity index (χ1n) is 10.4. The van der Waals surface area contributed by atoms with Gasteiger partial charge >= 0.3 is 0 Å². The van der Waals surface area contributed by atoms with Crippen molar-refractivity contribution in [1.29, 1.82) is 0 Å². The van der Waals surface area contributed by atoms with Gasteiger partial charge in [0.25, 0.3) is 0 Å². The summed E-state index contributed by atoms with van der Waals surface area (Å²) in [6.07, 6.45) is 3.71. The topological polar surface area (TPSA) is 41.6 Å². The predicted molar refractivity (Wildman–Crippen MR) is 115 cm³/mol. The average Bonchev–Trinajstić information content (AvgIpc) is 2.73. The number of hydrogen-bond donors (Lipinski definition) is 1. The van der Waals surface area contributed by atoms with Crippen molar-refractivity contribution < 1.29 is 9.53 Å². The minimum atomic E-state index is 0.0120. The van der Waals surface area contributed by atoms with Gasteiger partial charge in [-0.05, 0) is 61.9 Å². The molecule has 150 valence electrons. The van der Waals surface area contributed by atoms with Crippen LogP contribution in [0, 0.1) is 5.92 Å². The molecule has 1 heterocycles.